The molecule has 1 unspecified atom stereocenters. The molecule has 0 aromatic heterocycles. The molecule has 12 nitrogen and oxygen atoms in total. The molecule has 2 aliphatic heterocycles. The maximum Gasteiger partial charge on any atom is 0.326 e. The standard InChI is InChI=1S/C25H27N5O7/c26-21(27)14-6-8-16(9-7-14)28-22(32)19(31)20-24(34)29(11-12-37-20)17-4-1-3-15(13-17)23(33)30-10-2-5-18(30)25(35)36/h1,3-4,6-9,13,18-20,31H,2,5,10-12H2,(H3,26,27)(H,28,32)(H,35,36)/t18?,19-,20-/m1/s1. The van der Waals surface area contributed by atoms with Crippen LogP contribution in [0.3, 0.4) is 0 Å². The smallest absolute Gasteiger partial charge is 0.326 e. The minimum absolute atomic E-state index is 0.0411. The lowest BCUT2D eigenvalue weighted by Crippen LogP contribution is -2.55. The summed E-state index contributed by atoms with van der Waals surface area (Å²) >= 11 is 0. The Morgan fingerprint density at radius 1 is 1.11 bits per heavy atom. The Morgan fingerprint density at radius 2 is 1.84 bits per heavy atom. The second-order valence-electron chi connectivity index (χ2n) is 8.75. The monoisotopic (exact) mass is 509 g/mol. The zero-order valence-electron chi connectivity index (χ0n) is 19.8. The van der Waals surface area contributed by atoms with Crippen molar-refractivity contribution in [1.82, 2.24) is 4.90 Å². The fraction of sp³-hybridized carbons (Fsp3) is 0.320. The van der Waals surface area contributed by atoms with Gasteiger partial charge in [0.25, 0.3) is 17.7 Å². The van der Waals surface area contributed by atoms with Crippen LogP contribution in [0.15, 0.2) is 48.5 Å². The quantitative estimate of drug-likeness (QED) is 0.262. The third-order valence-electron chi connectivity index (χ3n) is 6.34. The average Bonchev–Trinajstić information content (AvgIpc) is 3.39. The summed E-state index contributed by atoms with van der Waals surface area (Å²) in [5.41, 5.74) is 6.81. The van der Waals surface area contributed by atoms with Gasteiger partial charge in [0, 0.05) is 35.6 Å². The van der Waals surface area contributed by atoms with Crippen LogP contribution in [0.2, 0.25) is 0 Å². The Bertz CT molecular complexity index is 1230. The lowest BCUT2D eigenvalue weighted by atomic mass is 10.1. The van der Waals surface area contributed by atoms with E-state index in [1.807, 2.05) is 0 Å². The number of nitrogens with two attached hydrogens (primary N) is 1. The van der Waals surface area contributed by atoms with Gasteiger partial charge in [-0.05, 0) is 55.3 Å². The maximum atomic E-state index is 13.2. The number of likely N-dealkylation sites (tertiary alicyclic amines) is 1. The number of amidine groups is 1. The minimum Gasteiger partial charge on any atom is -0.480 e. The number of carbonyl (C=O) groups excluding carboxylic acids is 3. The van der Waals surface area contributed by atoms with Crippen LogP contribution >= 0.6 is 0 Å². The van der Waals surface area contributed by atoms with Crippen LogP contribution in [-0.4, -0.2) is 82.6 Å². The molecule has 194 valence electrons. The highest BCUT2D eigenvalue weighted by Crippen LogP contribution is 2.25. The van der Waals surface area contributed by atoms with Gasteiger partial charge in [-0.25, -0.2) is 4.79 Å². The molecule has 2 fully saturated rings. The number of amides is 3. The number of anilines is 2. The Balaban J connectivity index is 1.46. The van der Waals surface area contributed by atoms with Gasteiger partial charge in [-0.15, -0.1) is 0 Å². The van der Waals surface area contributed by atoms with Crippen molar-refractivity contribution in [2.24, 2.45) is 5.73 Å². The molecule has 2 aromatic carbocycles. The molecule has 3 atom stereocenters. The van der Waals surface area contributed by atoms with Crippen LogP contribution in [0.1, 0.15) is 28.8 Å². The van der Waals surface area contributed by atoms with E-state index in [1.54, 1.807) is 18.2 Å². The SMILES string of the molecule is N=C(N)c1ccc(NC(=O)[C@H](O)[C@H]2OCCN(c3cccc(C(=O)N4CCCC4C(=O)O)c3)C2=O)cc1. The molecule has 37 heavy (non-hydrogen) atoms. The van der Waals surface area contributed by atoms with Gasteiger partial charge in [0.15, 0.2) is 12.2 Å². The van der Waals surface area contributed by atoms with Crippen LogP contribution in [0.25, 0.3) is 0 Å². The highest BCUT2D eigenvalue weighted by atomic mass is 16.5. The van der Waals surface area contributed by atoms with Crippen molar-refractivity contribution in [3.8, 4) is 0 Å². The number of hydrogen-bond acceptors (Lipinski definition) is 7. The van der Waals surface area contributed by atoms with Crippen LogP contribution in [0.4, 0.5) is 11.4 Å². The Labute approximate surface area is 212 Å². The summed E-state index contributed by atoms with van der Waals surface area (Å²) in [4.78, 5) is 52.9. The highest BCUT2D eigenvalue weighted by molar-refractivity contribution is 6.05. The molecule has 3 amide bonds. The first-order chi connectivity index (χ1) is 17.7. The summed E-state index contributed by atoms with van der Waals surface area (Å²) in [7, 11) is 0. The van der Waals surface area contributed by atoms with E-state index in [4.69, 9.17) is 15.9 Å². The Morgan fingerprint density at radius 3 is 2.51 bits per heavy atom. The first-order valence-corrected chi connectivity index (χ1v) is 11.7. The van der Waals surface area contributed by atoms with Gasteiger partial charge in [-0.3, -0.25) is 19.8 Å². The van der Waals surface area contributed by atoms with Gasteiger partial charge in [-0.1, -0.05) is 6.07 Å². The van der Waals surface area contributed by atoms with Gasteiger partial charge < -0.3 is 35.8 Å². The third-order valence-corrected chi connectivity index (χ3v) is 6.34. The number of rotatable bonds is 7. The number of nitrogens with zero attached hydrogens (tertiary/aromatic N) is 2. The second kappa shape index (κ2) is 10.8. The van der Waals surface area contributed by atoms with Gasteiger partial charge in [0.2, 0.25) is 0 Å². The number of nitrogen functional groups attached to an aromatic ring is 1. The number of carbonyl (C=O) groups is 4. The van der Waals surface area contributed by atoms with Gasteiger partial charge >= 0.3 is 5.97 Å². The summed E-state index contributed by atoms with van der Waals surface area (Å²) < 4.78 is 5.43. The summed E-state index contributed by atoms with van der Waals surface area (Å²) in [5.74, 6) is -3.15. The maximum absolute atomic E-state index is 13.2. The molecule has 4 rings (SSSR count). The third kappa shape index (κ3) is 5.44. The number of benzene rings is 2. The van der Waals surface area contributed by atoms with Gasteiger partial charge in [0.05, 0.1) is 6.61 Å². The normalized spacial score (nSPS) is 20.4. The van der Waals surface area contributed by atoms with Crippen molar-refractivity contribution < 1.29 is 34.1 Å². The van der Waals surface area contributed by atoms with Crippen molar-refractivity contribution in [2.75, 3.05) is 29.9 Å². The Kier molecular flexibility index (Phi) is 7.50. The summed E-state index contributed by atoms with van der Waals surface area (Å²) in [6.07, 6.45) is -2.31. The topological polar surface area (TPSA) is 186 Å². The molecule has 2 heterocycles. The van der Waals surface area contributed by atoms with E-state index in [-0.39, 0.29) is 24.6 Å². The first kappa shape index (κ1) is 25.8. The number of aliphatic carboxylic acids is 1. The van der Waals surface area contributed by atoms with E-state index >= 15 is 0 Å². The predicted molar refractivity (Wildman–Crippen MR) is 132 cm³/mol. The van der Waals surface area contributed by atoms with Crippen molar-refractivity contribution in [1.29, 1.82) is 5.41 Å². The van der Waals surface area contributed by atoms with Gasteiger partial charge in [0.1, 0.15) is 11.9 Å². The van der Waals surface area contributed by atoms with Crippen LogP contribution in [-0.2, 0) is 19.1 Å². The molecular weight excluding hydrogens is 482 g/mol. The van der Waals surface area contributed by atoms with Crippen LogP contribution in [0, 0.1) is 5.41 Å². The van der Waals surface area contributed by atoms with E-state index in [0.29, 0.717) is 36.3 Å². The molecule has 0 aliphatic carbocycles. The fourth-order valence-electron chi connectivity index (χ4n) is 4.41. The summed E-state index contributed by atoms with van der Waals surface area (Å²) in [5, 5.41) is 29.9. The summed E-state index contributed by atoms with van der Waals surface area (Å²) in [6.45, 7) is 0.506. The van der Waals surface area contributed by atoms with E-state index < -0.39 is 41.9 Å². The van der Waals surface area contributed by atoms with E-state index in [1.165, 1.54) is 40.1 Å². The number of carboxylic acid groups (broad SMARTS) is 1. The molecule has 0 spiro atoms. The number of nitrogens with one attached hydrogen (secondary N) is 2. The van der Waals surface area contributed by atoms with E-state index in [9.17, 15) is 29.4 Å². The Hall–Kier alpha value is -4.29. The molecule has 2 aliphatic rings. The fourth-order valence-corrected chi connectivity index (χ4v) is 4.41. The lowest BCUT2D eigenvalue weighted by molar-refractivity contribution is -0.150. The molecule has 6 N–H and O–H groups in total. The highest BCUT2D eigenvalue weighted by Gasteiger charge is 2.40. The molecule has 0 radical (unpaired) electrons. The molecule has 12 heteroatoms. The van der Waals surface area contributed by atoms with E-state index in [2.05, 4.69) is 5.32 Å². The van der Waals surface area contributed by atoms with Crippen molar-refractivity contribution in [3.63, 3.8) is 0 Å². The number of ether oxygens (including phenoxy) is 1. The number of hydrogen-bond donors (Lipinski definition) is 5. The zero-order valence-corrected chi connectivity index (χ0v) is 19.8. The van der Waals surface area contributed by atoms with Crippen molar-refractivity contribution in [3.05, 3.63) is 59.7 Å². The number of carboxylic acids is 1. The van der Waals surface area contributed by atoms with E-state index in [0.717, 1.165) is 0 Å². The molecule has 0 bridgehead atoms. The van der Waals surface area contributed by atoms with Gasteiger partial charge in [-0.2, -0.15) is 0 Å². The number of morpholine rings is 1. The van der Waals surface area contributed by atoms with Crippen molar-refractivity contribution >= 4 is 40.9 Å². The molecule has 2 aromatic rings. The average molecular weight is 510 g/mol. The molecule has 0 saturated carbocycles. The molecule has 2 saturated heterocycles. The number of aliphatic hydroxyl groups is 1. The van der Waals surface area contributed by atoms with Crippen molar-refractivity contribution in [2.45, 2.75) is 31.1 Å². The van der Waals surface area contributed by atoms with Crippen LogP contribution in [0.5, 0.6) is 0 Å². The first-order valence-electron chi connectivity index (χ1n) is 11.7. The zero-order chi connectivity index (χ0) is 26.7. The number of aliphatic hydroxyl groups excluding tert-OH is 1. The predicted octanol–water partition coefficient (Wildman–Crippen LogP) is 0.391. The molecular formula is C25H27N5O7. The van der Waals surface area contributed by atoms with Crippen LogP contribution < -0.4 is 16.0 Å². The largest absolute Gasteiger partial charge is 0.480 e. The minimum atomic E-state index is -1.81. The second-order valence-corrected chi connectivity index (χ2v) is 8.75. The lowest BCUT2D eigenvalue weighted by Gasteiger charge is -2.34. The summed E-state index contributed by atoms with van der Waals surface area (Å²) in [6, 6.07) is 11.4.